The zero-order chi connectivity index (χ0) is 24.9. The molecule has 4 rings (SSSR count). The molecule has 0 bridgehead atoms. The minimum Gasteiger partial charge on any atom is -0.497 e. The van der Waals surface area contributed by atoms with Crippen molar-refractivity contribution in [3.8, 4) is 11.5 Å². The maximum Gasteiger partial charge on any atom is 0.283 e. The fourth-order valence-corrected chi connectivity index (χ4v) is 3.64. The number of anilines is 3. The topological polar surface area (TPSA) is 97.0 Å². The van der Waals surface area contributed by atoms with Crippen molar-refractivity contribution in [2.75, 3.05) is 29.3 Å². The van der Waals surface area contributed by atoms with Gasteiger partial charge in [-0.25, -0.2) is 4.90 Å². The molecule has 3 aromatic rings. The number of rotatable bonds is 8. The fourth-order valence-electron chi connectivity index (χ4n) is 3.43. The van der Waals surface area contributed by atoms with Crippen molar-refractivity contribution < 1.29 is 23.9 Å². The van der Waals surface area contributed by atoms with Crippen LogP contribution in [0.2, 0.25) is 0 Å². The highest BCUT2D eigenvalue weighted by molar-refractivity contribution is 6.53. The van der Waals surface area contributed by atoms with Gasteiger partial charge in [-0.2, -0.15) is 0 Å². The summed E-state index contributed by atoms with van der Waals surface area (Å²) in [5.74, 6) is -0.187. The third-order valence-electron chi connectivity index (χ3n) is 5.20. The molecule has 0 radical (unpaired) electrons. The summed E-state index contributed by atoms with van der Waals surface area (Å²) >= 11 is 6.20. The van der Waals surface area contributed by atoms with Crippen LogP contribution in [0.25, 0.3) is 0 Å². The normalized spacial score (nSPS) is 13.2. The maximum atomic E-state index is 13.0. The van der Waals surface area contributed by atoms with Crippen molar-refractivity contribution in [2.45, 2.75) is 6.92 Å². The molecule has 0 unspecified atom stereocenters. The van der Waals surface area contributed by atoms with E-state index in [0.29, 0.717) is 40.7 Å². The summed E-state index contributed by atoms with van der Waals surface area (Å²) in [4.78, 5) is 39.2. The van der Waals surface area contributed by atoms with Gasteiger partial charge in [-0.3, -0.25) is 14.4 Å². The number of methoxy groups -OCH3 is 1. The molecule has 2 N–H and O–H groups in total. The molecule has 1 aliphatic heterocycles. The summed E-state index contributed by atoms with van der Waals surface area (Å²) in [5.41, 5.74) is 1.87. The Morgan fingerprint density at radius 1 is 0.857 bits per heavy atom. The molecule has 1 aliphatic rings. The van der Waals surface area contributed by atoms with Crippen molar-refractivity contribution in [1.29, 1.82) is 0 Å². The van der Waals surface area contributed by atoms with Gasteiger partial charge in [0.1, 0.15) is 22.2 Å². The van der Waals surface area contributed by atoms with Crippen molar-refractivity contribution in [3.63, 3.8) is 0 Å². The first-order chi connectivity index (χ1) is 16.9. The predicted octanol–water partition coefficient (Wildman–Crippen LogP) is 4.78. The quantitative estimate of drug-likeness (QED) is 0.440. The minimum atomic E-state index is -0.626. The number of nitrogens with zero attached hydrogens (tertiary/aromatic N) is 1. The number of carbonyl (C=O) groups is 3. The second-order valence-corrected chi connectivity index (χ2v) is 7.82. The highest BCUT2D eigenvalue weighted by Crippen LogP contribution is 2.31. The van der Waals surface area contributed by atoms with Crippen LogP contribution in [0, 0.1) is 0 Å². The van der Waals surface area contributed by atoms with E-state index in [1.54, 1.807) is 79.9 Å². The Morgan fingerprint density at radius 3 is 2.06 bits per heavy atom. The van der Waals surface area contributed by atoms with Crippen LogP contribution in [-0.2, 0) is 9.59 Å². The van der Waals surface area contributed by atoms with E-state index in [2.05, 4.69) is 10.6 Å². The van der Waals surface area contributed by atoms with Gasteiger partial charge in [0.15, 0.2) is 0 Å². The molecule has 9 heteroatoms. The van der Waals surface area contributed by atoms with E-state index in [-0.39, 0.29) is 16.6 Å². The van der Waals surface area contributed by atoms with E-state index in [4.69, 9.17) is 21.1 Å². The summed E-state index contributed by atoms with van der Waals surface area (Å²) in [6.45, 7) is 2.37. The third-order valence-corrected chi connectivity index (χ3v) is 5.55. The molecule has 1 heterocycles. The van der Waals surface area contributed by atoms with Gasteiger partial charge in [0, 0.05) is 16.9 Å². The fraction of sp³-hybridized carbons (Fsp3) is 0.115. The second kappa shape index (κ2) is 10.3. The number of benzene rings is 3. The lowest BCUT2D eigenvalue weighted by Gasteiger charge is -2.15. The van der Waals surface area contributed by atoms with Gasteiger partial charge in [-0.15, -0.1) is 0 Å². The lowest BCUT2D eigenvalue weighted by molar-refractivity contribution is -0.120. The molecule has 0 fully saturated rings. The maximum absolute atomic E-state index is 13.0. The average molecular weight is 492 g/mol. The molecule has 0 spiro atoms. The number of nitrogens with one attached hydrogen (secondary N) is 2. The molecule has 8 nitrogen and oxygen atoms in total. The lowest BCUT2D eigenvalue weighted by Crippen LogP contribution is -2.32. The van der Waals surface area contributed by atoms with Crippen LogP contribution in [0.15, 0.2) is 83.5 Å². The average Bonchev–Trinajstić information content (AvgIpc) is 3.08. The Labute approximate surface area is 207 Å². The Kier molecular flexibility index (Phi) is 7.03. The highest BCUT2D eigenvalue weighted by Gasteiger charge is 2.39. The summed E-state index contributed by atoms with van der Waals surface area (Å²) < 4.78 is 10.5. The zero-order valence-corrected chi connectivity index (χ0v) is 19.8. The van der Waals surface area contributed by atoms with Crippen LogP contribution >= 0.6 is 11.6 Å². The van der Waals surface area contributed by atoms with Crippen molar-refractivity contribution in [2.24, 2.45) is 0 Å². The van der Waals surface area contributed by atoms with Crippen LogP contribution in [-0.4, -0.2) is 31.4 Å². The molecule has 0 saturated carbocycles. The van der Waals surface area contributed by atoms with Gasteiger partial charge in [0.2, 0.25) is 0 Å². The van der Waals surface area contributed by atoms with E-state index in [9.17, 15) is 14.4 Å². The summed E-state index contributed by atoms with van der Waals surface area (Å²) in [5, 5.41) is 5.48. The Balaban J connectivity index is 1.44. The van der Waals surface area contributed by atoms with E-state index in [1.165, 1.54) is 0 Å². The monoisotopic (exact) mass is 491 g/mol. The lowest BCUT2D eigenvalue weighted by atomic mass is 10.2. The summed E-state index contributed by atoms with van der Waals surface area (Å²) in [6, 6.07) is 20.0. The van der Waals surface area contributed by atoms with Gasteiger partial charge in [0.25, 0.3) is 17.7 Å². The van der Waals surface area contributed by atoms with Crippen molar-refractivity contribution >= 4 is 46.4 Å². The number of carbonyl (C=O) groups excluding carboxylic acids is 3. The van der Waals surface area contributed by atoms with Crippen LogP contribution < -0.4 is 25.0 Å². The molecule has 0 aliphatic carbocycles. The molecule has 0 atom stereocenters. The Morgan fingerprint density at radius 2 is 1.46 bits per heavy atom. The summed E-state index contributed by atoms with van der Waals surface area (Å²) in [7, 11) is 1.57. The van der Waals surface area contributed by atoms with E-state index in [0.717, 1.165) is 4.90 Å². The largest absolute Gasteiger partial charge is 0.497 e. The van der Waals surface area contributed by atoms with E-state index < -0.39 is 11.8 Å². The number of halogens is 1. The van der Waals surface area contributed by atoms with Gasteiger partial charge >= 0.3 is 0 Å². The number of ether oxygens (including phenoxy) is 2. The SMILES string of the molecule is CCOc1ccc(N2C(=O)C(Cl)=C(Nc3ccc(C(=O)Nc4ccc(OC)cc4)cc3)C2=O)cc1. The molecule has 178 valence electrons. The van der Waals surface area contributed by atoms with Crippen molar-refractivity contribution in [1.82, 2.24) is 0 Å². The first kappa shape index (κ1) is 23.8. The van der Waals surface area contributed by atoms with Gasteiger partial charge < -0.3 is 20.1 Å². The number of amides is 3. The van der Waals surface area contributed by atoms with Gasteiger partial charge in [-0.05, 0) is 79.7 Å². The molecule has 0 saturated heterocycles. The Hall–Kier alpha value is -4.30. The molecule has 3 amide bonds. The van der Waals surface area contributed by atoms with Crippen LogP contribution in [0.3, 0.4) is 0 Å². The van der Waals surface area contributed by atoms with Gasteiger partial charge in [-0.1, -0.05) is 11.6 Å². The highest BCUT2D eigenvalue weighted by atomic mass is 35.5. The number of imide groups is 1. The Bertz CT molecular complexity index is 1290. The molecule has 35 heavy (non-hydrogen) atoms. The zero-order valence-electron chi connectivity index (χ0n) is 19.0. The van der Waals surface area contributed by atoms with E-state index >= 15 is 0 Å². The molecule has 3 aromatic carbocycles. The van der Waals surface area contributed by atoms with Crippen LogP contribution in [0.1, 0.15) is 17.3 Å². The number of hydrogen-bond donors (Lipinski definition) is 2. The van der Waals surface area contributed by atoms with Crippen LogP contribution in [0.4, 0.5) is 17.1 Å². The first-order valence-electron chi connectivity index (χ1n) is 10.7. The number of hydrogen-bond acceptors (Lipinski definition) is 6. The van der Waals surface area contributed by atoms with Crippen LogP contribution in [0.5, 0.6) is 11.5 Å². The molecular formula is C26H22ClN3O5. The molecular weight excluding hydrogens is 470 g/mol. The van der Waals surface area contributed by atoms with Crippen molar-refractivity contribution in [3.05, 3.63) is 89.1 Å². The first-order valence-corrected chi connectivity index (χ1v) is 11.1. The third kappa shape index (κ3) is 5.12. The minimum absolute atomic E-state index is 0.0408. The summed E-state index contributed by atoms with van der Waals surface area (Å²) in [6.07, 6.45) is 0. The molecule has 0 aromatic heterocycles. The van der Waals surface area contributed by atoms with Gasteiger partial charge in [0.05, 0.1) is 19.4 Å². The predicted molar refractivity (Wildman–Crippen MR) is 134 cm³/mol. The van der Waals surface area contributed by atoms with E-state index in [1.807, 2.05) is 6.92 Å². The smallest absolute Gasteiger partial charge is 0.283 e. The second-order valence-electron chi connectivity index (χ2n) is 7.45. The standard InChI is InChI=1S/C26H22ClN3O5/c1-3-35-21-14-10-19(11-15-21)30-25(32)22(27)23(26(30)33)28-17-6-4-16(5-7-17)24(31)29-18-8-12-20(34-2)13-9-18/h4-15,28H,3H2,1-2H3,(H,29,31).